The summed E-state index contributed by atoms with van der Waals surface area (Å²) < 4.78 is 5.97. The molecule has 2 fully saturated rings. The van der Waals surface area contributed by atoms with Crippen LogP contribution in [0, 0.1) is 11.3 Å². The smallest absolute Gasteiger partial charge is 0.141 e. The fraction of sp³-hybridized carbons (Fsp3) is 0.929. The molecule has 0 amide bonds. The van der Waals surface area contributed by atoms with E-state index in [4.69, 9.17) is 4.74 Å². The van der Waals surface area contributed by atoms with Gasteiger partial charge in [0.25, 0.3) is 0 Å². The van der Waals surface area contributed by atoms with Crippen molar-refractivity contribution < 1.29 is 9.53 Å². The van der Waals surface area contributed by atoms with Gasteiger partial charge in [0, 0.05) is 17.9 Å². The Hall–Kier alpha value is -0.370. The minimum atomic E-state index is -0.193. The first-order valence-electron chi connectivity index (χ1n) is 6.61. The number of hydrogen-bond donors (Lipinski definition) is 0. The topological polar surface area (TPSA) is 26.3 Å². The third-order valence-corrected chi connectivity index (χ3v) is 4.12. The maximum Gasteiger partial charge on any atom is 0.141 e. The van der Waals surface area contributed by atoms with Crippen molar-refractivity contribution in [2.24, 2.45) is 11.3 Å². The van der Waals surface area contributed by atoms with Crippen LogP contribution in [0.3, 0.4) is 0 Å². The summed E-state index contributed by atoms with van der Waals surface area (Å²) >= 11 is 0. The molecular formula is C14H24O2. The molecule has 1 unspecified atom stereocenters. The molecular weight excluding hydrogens is 200 g/mol. The zero-order chi connectivity index (χ0) is 11.8. The van der Waals surface area contributed by atoms with E-state index in [2.05, 4.69) is 0 Å². The van der Waals surface area contributed by atoms with E-state index in [1.165, 1.54) is 25.7 Å². The monoisotopic (exact) mass is 224 g/mol. The maximum atomic E-state index is 12.3. The minimum Gasteiger partial charge on any atom is -0.375 e. The molecule has 1 saturated carbocycles. The lowest BCUT2D eigenvalue weighted by molar-refractivity contribution is -0.143. The first-order chi connectivity index (χ1) is 7.43. The lowest BCUT2D eigenvalue weighted by Gasteiger charge is -2.39. The average molecular weight is 224 g/mol. The third kappa shape index (κ3) is 2.32. The molecule has 1 atom stereocenters. The maximum absolute atomic E-state index is 12.3. The SMILES string of the molecule is CC(C)(C)C(=O)C1CCOC2(CCCC2)C1. The molecule has 2 nitrogen and oxygen atoms in total. The van der Waals surface area contributed by atoms with Crippen LogP contribution in [-0.4, -0.2) is 18.0 Å². The first-order valence-corrected chi connectivity index (χ1v) is 6.61. The van der Waals surface area contributed by atoms with Crippen LogP contribution >= 0.6 is 0 Å². The van der Waals surface area contributed by atoms with Gasteiger partial charge in [-0.1, -0.05) is 33.6 Å². The van der Waals surface area contributed by atoms with E-state index in [-0.39, 0.29) is 16.9 Å². The van der Waals surface area contributed by atoms with Gasteiger partial charge in [0.1, 0.15) is 5.78 Å². The summed E-state index contributed by atoms with van der Waals surface area (Å²) in [6.07, 6.45) is 6.79. The summed E-state index contributed by atoms with van der Waals surface area (Å²) in [4.78, 5) is 12.3. The van der Waals surface area contributed by atoms with Gasteiger partial charge in [0.2, 0.25) is 0 Å². The van der Waals surface area contributed by atoms with Crippen molar-refractivity contribution in [1.29, 1.82) is 0 Å². The summed E-state index contributed by atoms with van der Waals surface area (Å²) in [6.45, 7) is 6.89. The lowest BCUT2D eigenvalue weighted by atomic mass is 9.75. The van der Waals surface area contributed by atoms with Crippen LogP contribution in [0.25, 0.3) is 0 Å². The van der Waals surface area contributed by atoms with Crippen LogP contribution in [-0.2, 0) is 9.53 Å². The Morgan fingerprint density at radius 2 is 1.88 bits per heavy atom. The lowest BCUT2D eigenvalue weighted by Crippen LogP contribution is -2.42. The van der Waals surface area contributed by atoms with Crippen LogP contribution in [0.5, 0.6) is 0 Å². The molecule has 0 bridgehead atoms. The molecule has 92 valence electrons. The molecule has 1 aliphatic heterocycles. The standard InChI is InChI=1S/C14H24O2/c1-13(2,3)12(15)11-6-9-16-14(10-11)7-4-5-8-14/h11H,4-10H2,1-3H3. The highest BCUT2D eigenvalue weighted by Gasteiger charge is 2.43. The molecule has 16 heavy (non-hydrogen) atoms. The Morgan fingerprint density at radius 3 is 2.44 bits per heavy atom. The van der Waals surface area contributed by atoms with Gasteiger partial charge in [-0.25, -0.2) is 0 Å². The van der Waals surface area contributed by atoms with Gasteiger partial charge >= 0.3 is 0 Å². The number of rotatable bonds is 1. The molecule has 0 radical (unpaired) electrons. The van der Waals surface area contributed by atoms with Crippen LogP contribution in [0.1, 0.15) is 59.3 Å². The number of ether oxygens (including phenoxy) is 1. The van der Waals surface area contributed by atoms with Gasteiger partial charge in [-0.3, -0.25) is 4.79 Å². The molecule has 2 heteroatoms. The first kappa shape index (κ1) is 12.1. The summed E-state index contributed by atoms with van der Waals surface area (Å²) in [6, 6.07) is 0. The fourth-order valence-corrected chi connectivity index (χ4v) is 3.23. The summed E-state index contributed by atoms with van der Waals surface area (Å²) in [5.74, 6) is 0.675. The van der Waals surface area contributed by atoms with Gasteiger partial charge in [-0.05, 0) is 25.7 Å². The van der Waals surface area contributed by atoms with Crippen molar-refractivity contribution in [2.45, 2.75) is 64.9 Å². The average Bonchev–Trinajstić information content (AvgIpc) is 2.64. The van der Waals surface area contributed by atoms with Crippen LogP contribution < -0.4 is 0 Å². The predicted molar refractivity (Wildman–Crippen MR) is 64.3 cm³/mol. The number of ketones is 1. The number of hydrogen-bond acceptors (Lipinski definition) is 2. The zero-order valence-corrected chi connectivity index (χ0v) is 10.8. The van der Waals surface area contributed by atoms with E-state index in [1.807, 2.05) is 20.8 Å². The van der Waals surface area contributed by atoms with Gasteiger partial charge in [0.15, 0.2) is 0 Å². The van der Waals surface area contributed by atoms with E-state index in [0.29, 0.717) is 5.78 Å². The second-order valence-electron chi connectivity index (χ2n) is 6.54. The van der Waals surface area contributed by atoms with Crippen molar-refractivity contribution >= 4 is 5.78 Å². The Labute approximate surface area is 98.7 Å². The van der Waals surface area contributed by atoms with Crippen LogP contribution in [0.15, 0.2) is 0 Å². The predicted octanol–water partition coefficient (Wildman–Crippen LogP) is 3.34. The molecule has 0 N–H and O–H groups in total. The molecule has 0 aromatic heterocycles. The fourth-order valence-electron chi connectivity index (χ4n) is 3.23. The summed E-state index contributed by atoms with van der Waals surface area (Å²) in [7, 11) is 0. The summed E-state index contributed by atoms with van der Waals surface area (Å²) in [5, 5.41) is 0. The van der Waals surface area contributed by atoms with E-state index < -0.39 is 0 Å². The normalized spacial score (nSPS) is 29.6. The van der Waals surface area contributed by atoms with E-state index in [1.54, 1.807) is 0 Å². The second-order valence-corrected chi connectivity index (χ2v) is 6.54. The van der Waals surface area contributed by atoms with Gasteiger partial charge in [-0.15, -0.1) is 0 Å². The van der Waals surface area contributed by atoms with Gasteiger partial charge in [0.05, 0.1) is 5.60 Å². The second kappa shape index (κ2) is 4.14. The van der Waals surface area contributed by atoms with E-state index >= 15 is 0 Å². The quantitative estimate of drug-likeness (QED) is 0.683. The number of Topliss-reactive ketones (excluding diaryl/α,β-unsaturated/α-hetero) is 1. The molecule has 1 saturated heterocycles. The summed E-state index contributed by atoms with van der Waals surface area (Å²) in [5.41, 5.74) is -0.119. The van der Waals surface area contributed by atoms with Gasteiger partial charge in [-0.2, -0.15) is 0 Å². The number of carbonyl (C=O) groups excluding carboxylic acids is 1. The largest absolute Gasteiger partial charge is 0.375 e. The Balaban J connectivity index is 2.04. The van der Waals surface area contributed by atoms with E-state index in [9.17, 15) is 4.79 Å². The molecule has 0 aromatic carbocycles. The molecule has 0 aromatic rings. The Bertz CT molecular complexity index is 269. The minimum absolute atomic E-state index is 0.0732. The van der Waals surface area contributed by atoms with E-state index in [0.717, 1.165) is 19.4 Å². The molecule has 2 rings (SSSR count). The van der Waals surface area contributed by atoms with Gasteiger partial charge < -0.3 is 4.74 Å². The molecule has 2 aliphatic rings. The van der Waals surface area contributed by atoms with Crippen molar-refractivity contribution in [3.05, 3.63) is 0 Å². The highest BCUT2D eigenvalue weighted by Crippen LogP contribution is 2.43. The van der Waals surface area contributed by atoms with Crippen molar-refractivity contribution in [1.82, 2.24) is 0 Å². The highest BCUT2D eigenvalue weighted by molar-refractivity contribution is 5.86. The Morgan fingerprint density at radius 1 is 1.25 bits per heavy atom. The van der Waals surface area contributed by atoms with Crippen molar-refractivity contribution in [3.8, 4) is 0 Å². The zero-order valence-electron chi connectivity index (χ0n) is 10.8. The Kier molecular flexibility index (Phi) is 3.13. The highest BCUT2D eigenvalue weighted by atomic mass is 16.5. The van der Waals surface area contributed by atoms with Crippen molar-refractivity contribution in [2.75, 3.05) is 6.61 Å². The molecule has 1 heterocycles. The molecule has 1 aliphatic carbocycles. The number of carbonyl (C=O) groups is 1. The van der Waals surface area contributed by atoms with Crippen LogP contribution in [0.4, 0.5) is 0 Å². The van der Waals surface area contributed by atoms with Crippen LogP contribution in [0.2, 0.25) is 0 Å². The molecule has 1 spiro atoms. The third-order valence-electron chi connectivity index (χ3n) is 4.12. The van der Waals surface area contributed by atoms with Crippen molar-refractivity contribution in [3.63, 3.8) is 0 Å².